The molecular formula is C12H9F3N2O. The number of aldehydes is 1. The molecular weight excluding hydrogens is 245 g/mol. The third kappa shape index (κ3) is 2.13. The lowest BCUT2D eigenvalue weighted by atomic mass is 10.1. The van der Waals surface area contributed by atoms with Crippen molar-refractivity contribution >= 4 is 6.29 Å². The highest BCUT2D eigenvalue weighted by atomic mass is 19.4. The van der Waals surface area contributed by atoms with E-state index >= 15 is 0 Å². The quantitative estimate of drug-likeness (QED) is 0.772. The predicted octanol–water partition coefficient (Wildman–Crippen LogP) is 2.92. The van der Waals surface area contributed by atoms with E-state index in [0.29, 0.717) is 17.5 Å². The molecule has 0 aliphatic carbocycles. The third-order valence-electron chi connectivity index (χ3n) is 2.56. The maximum Gasteiger partial charge on any atom is 0.416 e. The minimum absolute atomic E-state index is 0.261. The molecule has 0 N–H and O–H groups in total. The summed E-state index contributed by atoms with van der Waals surface area (Å²) in [6, 6.07) is 4.81. The molecule has 0 atom stereocenters. The van der Waals surface area contributed by atoms with Crippen molar-refractivity contribution in [3.05, 3.63) is 41.6 Å². The largest absolute Gasteiger partial charge is 0.416 e. The van der Waals surface area contributed by atoms with Crippen LogP contribution in [0, 0.1) is 0 Å². The summed E-state index contributed by atoms with van der Waals surface area (Å²) in [5, 5.41) is 3.86. The van der Waals surface area contributed by atoms with Crippen molar-refractivity contribution in [2.24, 2.45) is 7.05 Å². The Morgan fingerprint density at radius 2 is 2.06 bits per heavy atom. The molecule has 2 aromatic rings. The number of aromatic nitrogens is 2. The number of benzene rings is 1. The number of nitrogens with zero attached hydrogens (tertiary/aromatic N) is 2. The normalized spacial score (nSPS) is 11.6. The summed E-state index contributed by atoms with van der Waals surface area (Å²) in [4.78, 5) is 10.8. The highest BCUT2D eigenvalue weighted by molar-refractivity contribution is 5.85. The van der Waals surface area contributed by atoms with Gasteiger partial charge in [0.25, 0.3) is 0 Å². The predicted molar refractivity (Wildman–Crippen MR) is 59.0 cm³/mol. The van der Waals surface area contributed by atoms with Gasteiger partial charge in [-0.1, -0.05) is 12.1 Å². The highest BCUT2D eigenvalue weighted by Gasteiger charge is 2.30. The second-order valence-electron chi connectivity index (χ2n) is 3.77. The van der Waals surface area contributed by atoms with E-state index in [9.17, 15) is 18.0 Å². The van der Waals surface area contributed by atoms with Gasteiger partial charge in [0, 0.05) is 12.6 Å². The van der Waals surface area contributed by atoms with Crippen LogP contribution in [0.3, 0.4) is 0 Å². The van der Waals surface area contributed by atoms with E-state index in [4.69, 9.17) is 0 Å². The molecule has 18 heavy (non-hydrogen) atoms. The fourth-order valence-corrected chi connectivity index (χ4v) is 1.74. The minimum Gasteiger partial charge on any atom is -0.298 e. The summed E-state index contributed by atoms with van der Waals surface area (Å²) in [6.07, 6.45) is -2.51. The number of aryl methyl sites for hydroxylation is 1. The molecule has 0 amide bonds. The molecule has 0 aliphatic rings. The molecule has 1 aromatic carbocycles. The van der Waals surface area contributed by atoms with Crippen molar-refractivity contribution < 1.29 is 18.0 Å². The molecule has 1 heterocycles. The maximum atomic E-state index is 12.6. The van der Waals surface area contributed by atoms with Crippen molar-refractivity contribution in [3.8, 4) is 11.3 Å². The number of hydrogen-bond acceptors (Lipinski definition) is 2. The van der Waals surface area contributed by atoms with Gasteiger partial charge in [0.1, 0.15) is 0 Å². The summed E-state index contributed by atoms with van der Waals surface area (Å²) in [7, 11) is 1.57. The van der Waals surface area contributed by atoms with Crippen LogP contribution in [0.5, 0.6) is 0 Å². The summed E-state index contributed by atoms with van der Waals surface area (Å²) < 4.78 is 39.2. The van der Waals surface area contributed by atoms with E-state index < -0.39 is 11.7 Å². The van der Waals surface area contributed by atoms with Crippen LogP contribution in [0.25, 0.3) is 11.3 Å². The lowest BCUT2D eigenvalue weighted by Gasteiger charge is -2.09. The van der Waals surface area contributed by atoms with Crippen molar-refractivity contribution in [1.29, 1.82) is 0 Å². The van der Waals surface area contributed by atoms with Gasteiger partial charge in [-0.25, -0.2) is 0 Å². The highest BCUT2D eigenvalue weighted by Crippen LogP contribution is 2.32. The molecule has 2 rings (SSSR count). The molecule has 0 bridgehead atoms. The molecule has 1 aromatic heterocycles. The second-order valence-corrected chi connectivity index (χ2v) is 3.77. The maximum absolute atomic E-state index is 12.6. The Labute approximate surface area is 101 Å². The zero-order valence-corrected chi connectivity index (χ0v) is 9.40. The van der Waals surface area contributed by atoms with Crippen LogP contribution in [0.2, 0.25) is 0 Å². The first-order valence-electron chi connectivity index (χ1n) is 5.08. The summed E-state index contributed by atoms with van der Waals surface area (Å²) in [5.41, 5.74) is 0.192. The second kappa shape index (κ2) is 4.29. The first-order valence-corrected chi connectivity index (χ1v) is 5.08. The van der Waals surface area contributed by atoms with Gasteiger partial charge in [-0.05, 0) is 12.1 Å². The van der Waals surface area contributed by atoms with E-state index in [-0.39, 0.29) is 5.56 Å². The van der Waals surface area contributed by atoms with Crippen LogP contribution in [-0.4, -0.2) is 16.1 Å². The molecule has 94 valence electrons. The Balaban J connectivity index is 2.58. The van der Waals surface area contributed by atoms with Gasteiger partial charge >= 0.3 is 6.18 Å². The molecule has 0 fully saturated rings. The average molecular weight is 254 g/mol. The molecule has 0 radical (unpaired) electrons. The number of rotatable bonds is 2. The van der Waals surface area contributed by atoms with Crippen LogP contribution in [0.4, 0.5) is 13.2 Å². The van der Waals surface area contributed by atoms with Gasteiger partial charge in [-0.15, -0.1) is 0 Å². The van der Waals surface area contributed by atoms with Gasteiger partial charge in [0.05, 0.1) is 23.0 Å². The molecule has 3 nitrogen and oxygen atoms in total. The summed E-state index contributed by atoms with van der Waals surface area (Å²) >= 11 is 0. The number of hydrogen-bond donors (Lipinski definition) is 0. The first-order chi connectivity index (χ1) is 8.43. The Kier molecular flexibility index (Phi) is 2.94. The van der Waals surface area contributed by atoms with Crippen LogP contribution < -0.4 is 0 Å². The number of carbonyl (C=O) groups is 1. The van der Waals surface area contributed by atoms with Gasteiger partial charge in [-0.2, -0.15) is 18.3 Å². The van der Waals surface area contributed by atoms with E-state index in [1.807, 2.05) is 0 Å². The number of carbonyl (C=O) groups excluding carboxylic acids is 1. The van der Waals surface area contributed by atoms with Gasteiger partial charge in [0.2, 0.25) is 0 Å². The molecule has 0 aliphatic heterocycles. The van der Waals surface area contributed by atoms with Crippen LogP contribution in [-0.2, 0) is 13.2 Å². The van der Waals surface area contributed by atoms with Gasteiger partial charge < -0.3 is 0 Å². The fourth-order valence-electron chi connectivity index (χ4n) is 1.74. The van der Waals surface area contributed by atoms with Crippen molar-refractivity contribution in [3.63, 3.8) is 0 Å². The zero-order chi connectivity index (χ0) is 13.3. The lowest BCUT2D eigenvalue weighted by molar-refractivity contribution is -0.137. The lowest BCUT2D eigenvalue weighted by Crippen LogP contribution is -2.05. The average Bonchev–Trinajstić information content (AvgIpc) is 2.69. The molecule has 0 unspecified atom stereocenters. The van der Waals surface area contributed by atoms with Crippen LogP contribution in [0.15, 0.2) is 30.5 Å². The van der Waals surface area contributed by atoms with Crippen LogP contribution >= 0.6 is 0 Å². The fraction of sp³-hybridized carbons (Fsp3) is 0.167. The van der Waals surface area contributed by atoms with E-state index in [1.54, 1.807) is 7.05 Å². The Hall–Kier alpha value is -2.11. The van der Waals surface area contributed by atoms with Crippen molar-refractivity contribution in [2.45, 2.75) is 6.18 Å². The topological polar surface area (TPSA) is 34.9 Å². The standard InChI is InChI=1S/C12H9F3N2O/c1-17-11(9(7-18)6-16-17)8-3-2-4-10(5-8)12(13,14)15/h2-7H,1H3. The third-order valence-corrected chi connectivity index (χ3v) is 2.56. The zero-order valence-electron chi connectivity index (χ0n) is 9.40. The molecule has 6 heteroatoms. The summed E-state index contributed by atoms with van der Waals surface area (Å²) in [6.45, 7) is 0. The molecule has 0 saturated carbocycles. The Morgan fingerprint density at radius 1 is 1.33 bits per heavy atom. The summed E-state index contributed by atoms with van der Waals surface area (Å²) in [5.74, 6) is 0. The SMILES string of the molecule is Cn1ncc(C=O)c1-c1cccc(C(F)(F)F)c1. The van der Waals surface area contributed by atoms with Crippen molar-refractivity contribution in [1.82, 2.24) is 9.78 Å². The number of alkyl halides is 3. The first kappa shape index (κ1) is 12.3. The monoisotopic (exact) mass is 254 g/mol. The Bertz CT molecular complexity index is 587. The molecule has 0 spiro atoms. The van der Waals surface area contributed by atoms with E-state index in [2.05, 4.69) is 5.10 Å². The minimum atomic E-state index is -4.41. The van der Waals surface area contributed by atoms with Crippen molar-refractivity contribution in [2.75, 3.05) is 0 Å². The number of halogens is 3. The Morgan fingerprint density at radius 3 is 2.67 bits per heavy atom. The molecule has 0 saturated heterocycles. The van der Waals surface area contributed by atoms with E-state index in [0.717, 1.165) is 12.1 Å². The van der Waals surface area contributed by atoms with E-state index in [1.165, 1.54) is 23.0 Å². The van der Waals surface area contributed by atoms with Crippen LogP contribution in [0.1, 0.15) is 15.9 Å². The van der Waals surface area contributed by atoms with Gasteiger partial charge in [-0.3, -0.25) is 9.48 Å². The van der Waals surface area contributed by atoms with Gasteiger partial charge in [0.15, 0.2) is 6.29 Å². The smallest absolute Gasteiger partial charge is 0.298 e.